The highest BCUT2D eigenvalue weighted by Gasteiger charge is 2.39. The topological polar surface area (TPSA) is 86.3 Å². The van der Waals surface area contributed by atoms with Gasteiger partial charge in [0.2, 0.25) is 10.0 Å². The zero-order valence-corrected chi connectivity index (χ0v) is 10.1. The van der Waals surface area contributed by atoms with Gasteiger partial charge in [0.25, 0.3) is 0 Å². The Morgan fingerprint density at radius 2 is 2.31 bits per heavy atom. The summed E-state index contributed by atoms with van der Waals surface area (Å²) < 4.78 is 25.6. The Hall–Kier alpha value is -0.920. The van der Waals surface area contributed by atoms with E-state index in [-0.39, 0.29) is 11.4 Å². The number of aryl methyl sites for hydroxylation is 1. The summed E-state index contributed by atoms with van der Waals surface area (Å²) in [7, 11) is -3.52. The number of nitrogens with one attached hydrogen (secondary N) is 1. The highest BCUT2D eigenvalue weighted by atomic mass is 32.2. The molecule has 0 aromatic carbocycles. The average molecular weight is 245 g/mol. The van der Waals surface area contributed by atoms with Crippen LogP contribution in [0.25, 0.3) is 0 Å². The van der Waals surface area contributed by atoms with Gasteiger partial charge in [0, 0.05) is 13.1 Å². The van der Waals surface area contributed by atoms with E-state index in [0.29, 0.717) is 18.7 Å². The van der Waals surface area contributed by atoms with Gasteiger partial charge in [-0.2, -0.15) is 9.40 Å². The predicted octanol–water partition coefficient (Wildman–Crippen LogP) is -0.136. The molecule has 16 heavy (non-hydrogen) atoms. The van der Waals surface area contributed by atoms with Crippen LogP contribution >= 0.6 is 0 Å². The van der Waals surface area contributed by atoms with Gasteiger partial charge in [-0.05, 0) is 20.3 Å². The lowest BCUT2D eigenvalue weighted by Gasteiger charge is -2.18. The van der Waals surface area contributed by atoms with Crippen LogP contribution < -0.4 is 0 Å². The maximum Gasteiger partial charge on any atom is 0.246 e. The fraction of sp³-hybridized carbons (Fsp3) is 0.667. The number of sulfonamides is 1. The fourth-order valence-electron chi connectivity index (χ4n) is 1.85. The number of nitrogens with zero attached hydrogens (tertiary/aromatic N) is 2. The number of hydrogen-bond donors (Lipinski definition) is 2. The van der Waals surface area contributed by atoms with E-state index in [1.807, 2.05) is 0 Å². The van der Waals surface area contributed by atoms with E-state index in [9.17, 15) is 13.5 Å². The summed E-state index contributed by atoms with van der Waals surface area (Å²) in [5, 5.41) is 16.1. The predicted molar refractivity (Wildman–Crippen MR) is 57.3 cm³/mol. The Kier molecular flexibility index (Phi) is 2.56. The summed E-state index contributed by atoms with van der Waals surface area (Å²) in [6, 6.07) is 0. The molecule has 1 unspecified atom stereocenters. The third kappa shape index (κ3) is 1.85. The molecule has 0 aliphatic carbocycles. The molecule has 2 N–H and O–H groups in total. The standard InChI is InChI=1S/C9H15N3O3S/c1-7-8(5-10-11-7)16(14,15)12-4-3-9(2,13)6-12/h5,13H,3-4,6H2,1-2H3,(H,10,11). The Morgan fingerprint density at radius 3 is 2.75 bits per heavy atom. The minimum absolute atomic E-state index is 0.139. The van der Waals surface area contributed by atoms with Gasteiger partial charge in [-0.25, -0.2) is 8.42 Å². The number of H-pyrrole nitrogens is 1. The van der Waals surface area contributed by atoms with E-state index in [2.05, 4.69) is 10.2 Å². The van der Waals surface area contributed by atoms with Crippen molar-refractivity contribution in [3.8, 4) is 0 Å². The maximum atomic E-state index is 12.2. The molecule has 2 rings (SSSR count). The normalized spacial score (nSPS) is 27.4. The molecule has 7 heteroatoms. The molecule has 1 atom stereocenters. The Morgan fingerprint density at radius 1 is 1.62 bits per heavy atom. The summed E-state index contributed by atoms with van der Waals surface area (Å²) in [5.74, 6) is 0. The van der Waals surface area contributed by atoms with E-state index in [0.717, 1.165) is 0 Å². The minimum atomic E-state index is -3.52. The number of β-amino-alcohol motifs (C(OH)–C–C–N with tert-alkyl or cyclic N) is 1. The summed E-state index contributed by atoms with van der Waals surface area (Å²) >= 11 is 0. The fourth-order valence-corrected chi connectivity index (χ4v) is 3.52. The molecule has 90 valence electrons. The van der Waals surface area contributed by atoms with Gasteiger partial charge in [-0.15, -0.1) is 0 Å². The molecule has 0 spiro atoms. The smallest absolute Gasteiger partial charge is 0.246 e. The molecule has 0 radical (unpaired) electrons. The van der Waals surface area contributed by atoms with Crippen molar-refractivity contribution in [2.75, 3.05) is 13.1 Å². The molecule has 1 aliphatic heterocycles. The third-order valence-electron chi connectivity index (χ3n) is 2.82. The second-order valence-electron chi connectivity index (χ2n) is 4.44. The van der Waals surface area contributed by atoms with Crippen LogP contribution in [0.3, 0.4) is 0 Å². The first-order valence-electron chi connectivity index (χ1n) is 5.05. The van der Waals surface area contributed by atoms with Crippen molar-refractivity contribution in [1.82, 2.24) is 14.5 Å². The molecule has 1 aromatic rings. The first-order valence-corrected chi connectivity index (χ1v) is 6.49. The van der Waals surface area contributed by atoms with Gasteiger partial charge in [-0.1, -0.05) is 0 Å². The summed E-state index contributed by atoms with van der Waals surface area (Å²) in [6.07, 6.45) is 1.76. The van der Waals surface area contributed by atoms with Crippen LogP contribution in [0.15, 0.2) is 11.1 Å². The molecule has 1 aromatic heterocycles. The molecule has 6 nitrogen and oxygen atoms in total. The number of hydrogen-bond acceptors (Lipinski definition) is 4. The van der Waals surface area contributed by atoms with E-state index < -0.39 is 15.6 Å². The monoisotopic (exact) mass is 245 g/mol. The van der Waals surface area contributed by atoms with Crippen molar-refractivity contribution in [1.29, 1.82) is 0 Å². The van der Waals surface area contributed by atoms with Crippen molar-refractivity contribution in [3.05, 3.63) is 11.9 Å². The van der Waals surface area contributed by atoms with Crippen LogP contribution in [0, 0.1) is 6.92 Å². The highest BCUT2D eigenvalue weighted by molar-refractivity contribution is 7.89. The molecule has 1 aliphatic rings. The minimum Gasteiger partial charge on any atom is -0.389 e. The molecule has 0 amide bonds. The second-order valence-corrected chi connectivity index (χ2v) is 6.35. The van der Waals surface area contributed by atoms with Gasteiger partial charge in [-0.3, -0.25) is 5.10 Å². The summed E-state index contributed by atoms with van der Waals surface area (Å²) in [6.45, 7) is 3.79. The van der Waals surface area contributed by atoms with Gasteiger partial charge < -0.3 is 5.11 Å². The van der Waals surface area contributed by atoms with Crippen LogP contribution in [0.4, 0.5) is 0 Å². The van der Waals surface area contributed by atoms with E-state index in [4.69, 9.17) is 0 Å². The molecule has 2 heterocycles. The van der Waals surface area contributed by atoms with Gasteiger partial charge in [0.05, 0.1) is 17.5 Å². The lowest BCUT2D eigenvalue weighted by Crippen LogP contribution is -2.34. The number of rotatable bonds is 2. The SMILES string of the molecule is Cc1[nH]ncc1S(=O)(=O)N1CCC(C)(O)C1. The van der Waals surface area contributed by atoms with Crippen LogP contribution in [0.5, 0.6) is 0 Å². The van der Waals surface area contributed by atoms with Crippen molar-refractivity contribution in [2.45, 2.75) is 30.8 Å². The third-order valence-corrected chi connectivity index (χ3v) is 4.78. The number of aliphatic hydroxyl groups is 1. The first-order chi connectivity index (χ1) is 7.33. The molecule has 1 fully saturated rings. The maximum absolute atomic E-state index is 12.2. The van der Waals surface area contributed by atoms with Crippen molar-refractivity contribution >= 4 is 10.0 Å². The first kappa shape index (κ1) is 11.6. The zero-order chi connectivity index (χ0) is 12.0. The zero-order valence-electron chi connectivity index (χ0n) is 9.27. The van der Waals surface area contributed by atoms with Crippen LogP contribution in [-0.4, -0.2) is 46.7 Å². The summed E-state index contributed by atoms with van der Waals surface area (Å²) in [5.41, 5.74) is -0.406. The van der Waals surface area contributed by atoms with Crippen LogP contribution in [0.2, 0.25) is 0 Å². The molecular weight excluding hydrogens is 230 g/mol. The van der Waals surface area contributed by atoms with E-state index >= 15 is 0 Å². The largest absolute Gasteiger partial charge is 0.389 e. The second kappa shape index (κ2) is 3.54. The van der Waals surface area contributed by atoms with Crippen molar-refractivity contribution in [3.63, 3.8) is 0 Å². The summed E-state index contributed by atoms with van der Waals surface area (Å²) in [4.78, 5) is 0.185. The van der Waals surface area contributed by atoms with E-state index in [1.54, 1.807) is 13.8 Å². The van der Waals surface area contributed by atoms with Crippen molar-refractivity contribution in [2.24, 2.45) is 0 Å². The molecule has 1 saturated heterocycles. The van der Waals surface area contributed by atoms with Gasteiger partial charge in [0.1, 0.15) is 4.90 Å². The Balaban J connectivity index is 2.32. The molecule has 0 bridgehead atoms. The van der Waals surface area contributed by atoms with Gasteiger partial charge in [0.15, 0.2) is 0 Å². The number of aromatic amines is 1. The Labute approximate surface area is 94.3 Å². The lowest BCUT2D eigenvalue weighted by atomic mass is 10.1. The van der Waals surface area contributed by atoms with Crippen molar-refractivity contribution < 1.29 is 13.5 Å². The quantitative estimate of drug-likeness (QED) is 0.759. The lowest BCUT2D eigenvalue weighted by molar-refractivity contribution is 0.0762. The van der Waals surface area contributed by atoms with Gasteiger partial charge >= 0.3 is 0 Å². The highest BCUT2D eigenvalue weighted by Crippen LogP contribution is 2.27. The number of aromatic nitrogens is 2. The van der Waals surface area contributed by atoms with Crippen LogP contribution in [0.1, 0.15) is 19.0 Å². The Bertz CT molecular complexity index is 492. The molecular formula is C9H15N3O3S. The van der Waals surface area contributed by atoms with Crippen LogP contribution in [-0.2, 0) is 10.0 Å². The average Bonchev–Trinajstić information content (AvgIpc) is 2.72. The van der Waals surface area contributed by atoms with E-state index in [1.165, 1.54) is 10.5 Å². The molecule has 0 saturated carbocycles.